The number of nitrogens with one attached hydrogen (secondary N) is 4. The lowest BCUT2D eigenvalue weighted by atomic mass is 9.85. The summed E-state index contributed by atoms with van der Waals surface area (Å²) in [5.74, 6) is -3.18. The molecule has 5 amide bonds. The molecule has 236 valence electrons. The predicted molar refractivity (Wildman–Crippen MR) is 162 cm³/mol. The summed E-state index contributed by atoms with van der Waals surface area (Å²) in [7, 11) is 0. The molecule has 0 aromatic carbocycles. The Balaban J connectivity index is 2.19. The van der Waals surface area contributed by atoms with E-state index in [9.17, 15) is 28.8 Å². The van der Waals surface area contributed by atoms with Crippen molar-refractivity contribution in [2.24, 2.45) is 11.3 Å². The van der Waals surface area contributed by atoms with Gasteiger partial charge in [-0.1, -0.05) is 60.1 Å². The average Bonchev–Trinajstić information content (AvgIpc) is 3.46. The summed E-state index contributed by atoms with van der Waals surface area (Å²) in [6.45, 7) is 14.7. The first-order valence-electron chi connectivity index (χ1n) is 14.8. The van der Waals surface area contributed by atoms with Crippen LogP contribution < -0.4 is 21.3 Å². The van der Waals surface area contributed by atoms with Gasteiger partial charge in [-0.3, -0.25) is 29.0 Å². The van der Waals surface area contributed by atoms with Crippen LogP contribution in [0.5, 0.6) is 0 Å². The molecule has 0 spiro atoms. The monoisotopic (exact) mass is 598 g/mol. The van der Waals surface area contributed by atoms with Gasteiger partial charge in [0.1, 0.15) is 17.8 Å². The Morgan fingerprint density at radius 1 is 1.09 bits per heavy atom. The standard InChI is InChI=1S/C31H46N6O6/c1-8-13-21(25(39)28(41)33-16-9-2)34-27(40)22-15-12-18-37(22)29(42)26(31(5,6)7)36-30(43)35-23(19(3)4)24(38)20-14-10-11-17-32-20/h9-11,14,17,19,21-23,26H,2,8,12-13,15-16,18H2,1,3-7H3,(H,33,41)(H,34,40)(H2,35,36,43). The number of carbonyl (C=O) groups is 6. The largest absolute Gasteiger partial charge is 0.346 e. The molecule has 4 unspecified atom stereocenters. The van der Waals surface area contributed by atoms with Crippen LogP contribution in [0.2, 0.25) is 0 Å². The Morgan fingerprint density at radius 2 is 1.79 bits per heavy atom. The molecule has 0 saturated carbocycles. The fraction of sp³-hybridized carbons (Fsp3) is 0.581. The summed E-state index contributed by atoms with van der Waals surface area (Å²) in [5, 5.41) is 10.5. The van der Waals surface area contributed by atoms with Gasteiger partial charge in [-0.15, -0.1) is 6.58 Å². The van der Waals surface area contributed by atoms with E-state index >= 15 is 0 Å². The van der Waals surface area contributed by atoms with Crippen molar-refractivity contribution in [3.05, 3.63) is 42.7 Å². The number of ketones is 2. The summed E-state index contributed by atoms with van der Waals surface area (Å²) >= 11 is 0. The van der Waals surface area contributed by atoms with Gasteiger partial charge in [-0.05, 0) is 42.7 Å². The van der Waals surface area contributed by atoms with E-state index in [1.54, 1.807) is 52.8 Å². The van der Waals surface area contributed by atoms with Gasteiger partial charge in [-0.25, -0.2) is 4.79 Å². The number of Topliss-reactive ketones (excluding diaryl/α,β-unsaturated/α-hetero) is 2. The number of urea groups is 1. The van der Waals surface area contributed by atoms with E-state index in [0.29, 0.717) is 19.3 Å². The van der Waals surface area contributed by atoms with Crippen molar-refractivity contribution >= 4 is 35.3 Å². The molecule has 2 rings (SSSR count). The summed E-state index contributed by atoms with van der Waals surface area (Å²) < 4.78 is 0. The number of hydrogen-bond acceptors (Lipinski definition) is 7. The van der Waals surface area contributed by atoms with Crippen molar-refractivity contribution in [3.63, 3.8) is 0 Å². The quantitative estimate of drug-likeness (QED) is 0.145. The lowest BCUT2D eigenvalue weighted by molar-refractivity contribution is -0.143. The molecule has 2 heterocycles. The molecule has 1 saturated heterocycles. The first kappa shape index (κ1) is 35.1. The second-order valence-electron chi connectivity index (χ2n) is 12.1. The lowest BCUT2D eigenvalue weighted by Crippen LogP contribution is -2.61. The van der Waals surface area contributed by atoms with Gasteiger partial charge in [0.25, 0.3) is 5.91 Å². The van der Waals surface area contributed by atoms with E-state index in [1.807, 2.05) is 6.92 Å². The molecule has 4 atom stereocenters. The molecule has 1 fully saturated rings. The predicted octanol–water partition coefficient (Wildman–Crippen LogP) is 2.15. The van der Waals surface area contributed by atoms with Gasteiger partial charge in [0.2, 0.25) is 23.4 Å². The number of aromatic nitrogens is 1. The highest BCUT2D eigenvalue weighted by Crippen LogP contribution is 2.26. The third-order valence-corrected chi connectivity index (χ3v) is 7.22. The Kier molecular flexibility index (Phi) is 13.0. The first-order valence-corrected chi connectivity index (χ1v) is 14.8. The number of amides is 5. The van der Waals surface area contributed by atoms with Gasteiger partial charge < -0.3 is 26.2 Å². The summed E-state index contributed by atoms with van der Waals surface area (Å²) in [6, 6.07) is 0.428. The van der Waals surface area contributed by atoms with Crippen molar-refractivity contribution in [2.45, 2.75) is 91.4 Å². The molecule has 0 aliphatic carbocycles. The van der Waals surface area contributed by atoms with E-state index < -0.39 is 59.1 Å². The molecule has 12 nitrogen and oxygen atoms in total. The molecule has 12 heteroatoms. The Labute approximate surface area is 253 Å². The molecule has 1 aliphatic heterocycles. The molecule has 1 aliphatic rings. The number of pyridine rings is 1. The van der Waals surface area contributed by atoms with Crippen LogP contribution in [0, 0.1) is 11.3 Å². The van der Waals surface area contributed by atoms with Crippen LogP contribution in [0.15, 0.2) is 37.1 Å². The molecule has 1 aromatic heterocycles. The zero-order valence-electron chi connectivity index (χ0n) is 26.1. The van der Waals surface area contributed by atoms with Crippen LogP contribution >= 0.6 is 0 Å². The highest BCUT2D eigenvalue weighted by Gasteiger charge is 2.43. The zero-order chi connectivity index (χ0) is 32.3. The van der Waals surface area contributed by atoms with Crippen LogP contribution in [0.1, 0.15) is 77.7 Å². The van der Waals surface area contributed by atoms with E-state index in [4.69, 9.17) is 0 Å². The van der Waals surface area contributed by atoms with Gasteiger partial charge in [0.15, 0.2) is 0 Å². The van der Waals surface area contributed by atoms with E-state index in [2.05, 4.69) is 32.8 Å². The molecule has 0 radical (unpaired) electrons. The van der Waals surface area contributed by atoms with Gasteiger partial charge in [0, 0.05) is 19.3 Å². The maximum atomic E-state index is 13.9. The molecule has 1 aromatic rings. The fourth-order valence-electron chi connectivity index (χ4n) is 4.87. The van der Waals surface area contributed by atoms with Crippen LogP contribution in [0.4, 0.5) is 4.79 Å². The number of nitrogens with zero attached hydrogens (tertiary/aromatic N) is 2. The third-order valence-electron chi connectivity index (χ3n) is 7.22. The van der Waals surface area contributed by atoms with Crippen LogP contribution in [-0.2, 0) is 19.2 Å². The summed E-state index contributed by atoms with van der Waals surface area (Å²) in [6.07, 6.45) is 4.66. The van der Waals surface area contributed by atoms with Crippen molar-refractivity contribution in [2.75, 3.05) is 13.1 Å². The first-order chi connectivity index (χ1) is 20.2. The van der Waals surface area contributed by atoms with E-state index in [-0.39, 0.29) is 36.9 Å². The summed E-state index contributed by atoms with van der Waals surface area (Å²) in [5.41, 5.74) is -0.533. The van der Waals surface area contributed by atoms with Crippen molar-refractivity contribution < 1.29 is 28.8 Å². The van der Waals surface area contributed by atoms with Crippen molar-refractivity contribution in [1.82, 2.24) is 31.2 Å². The topological polar surface area (TPSA) is 167 Å². The average molecular weight is 599 g/mol. The smallest absolute Gasteiger partial charge is 0.316 e. The lowest BCUT2D eigenvalue weighted by Gasteiger charge is -2.36. The minimum atomic E-state index is -1.04. The third kappa shape index (κ3) is 9.72. The second kappa shape index (κ2) is 15.9. The Bertz CT molecular complexity index is 1180. The number of rotatable bonds is 14. The maximum absolute atomic E-state index is 13.9. The van der Waals surface area contributed by atoms with Crippen LogP contribution in [0.3, 0.4) is 0 Å². The number of hydrogen-bond donors (Lipinski definition) is 4. The molecule has 0 bridgehead atoms. The molecule has 4 N–H and O–H groups in total. The van der Waals surface area contributed by atoms with E-state index in [1.165, 1.54) is 17.2 Å². The number of likely N-dealkylation sites (tertiary alicyclic amines) is 1. The highest BCUT2D eigenvalue weighted by molar-refractivity contribution is 6.38. The van der Waals surface area contributed by atoms with Crippen molar-refractivity contribution in [1.29, 1.82) is 0 Å². The number of carbonyl (C=O) groups excluding carboxylic acids is 6. The van der Waals surface area contributed by atoms with E-state index in [0.717, 1.165) is 0 Å². The SMILES string of the molecule is C=CCNC(=O)C(=O)C(CCC)NC(=O)C1CCCN1C(=O)C(NC(=O)NC(C(=O)c1ccccn1)C(C)C)C(C)(C)C. The molecular formula is C31H46N6O6. The second-order valence-corrected chi connectivity index (χ2v) is 12.1. The minimum absolute atomic E-state index is 0.117. The van der Waals surface area contributed by atoms with Gasteiger partial charge in [-0.2, -0.15) is 0 Å². The molecular weight excluding hydrogens is 552 g/mol. The molecule has 43 heavy (non-hydrogen) atoms. The maximum Gasteiger partial charge on any atom is 0.316 e. The van der Waals surface area contributed by atoms with Crippen molar-refractivity contribution in [3.8, 4) is 0 Å². The summed E-state index contributed by atoms with van der Waals surface area (Å²) in [4.78, 5) is 84.0. The normalized spacial score (nSPS) is 16.9. The Morgan fingerprint density at radius 3 is 2.35 bits per heavy atom. The van der Waals surface area contributed by atoms with Gasteiger partial charge >= 0.3 is 6.03 Å². The minimum Gasteiger partial charge on any atom is -0.346 e. The van der Waals surface area contributed by atoms with Gasteiger partial charge in [0.05, 0.1) is 12.1 Å². The highest BCUT2D eigenvalue weighted by atomic mass is 16.2. The van der Waals surface area contributed by atoms with Crippen LogP contribution in [-0.4, -0.2) is 82.5 Å². The Hall–Kier alpha value is -4.09. The van der Waals surface area contributed by atoms with Crippen LogP contribution in [0.25, 0.3) is 0 Å². The zero-order valence-corrected chi connectivity index (χ0v) is 26.1. The fourth-order valence-corrected chi connectivity index (χ4v) is 4.87.